The van der Waals surface area contributed by atoms with E-state index in [2.05, 4.69) is 132 Å². The van der Waals surface area contributed by atoms with Gasteiger partial charge in [0.05, 0.1) is 28.1 Å². The summed E-state index contributed by atoms with van der Waals surface area (Å²) < 4.78 is 2.35. The number of nitrogens with zero attached hydrogens (tertiary/aromatic N) is 3. The van der Waals surface area contributed by atoms with Crippen LogP contribution in [0.3, 0.4) is 0 Å². The summed E-state index contributed by atoms with van der Waals surface area (Å²) in [6, 6.07) is 60.3. The van der Waals surface area contributed by atoms with Crippen LogP contribution in [0.4, 0.5) is 0 Å². The minimum absolute atomic E-state index is 0.202. The number of rotatable bonds is 6. The first-order chi connectivity index (χ1) is 24.7. The molecule has 1 N–H and O–H groups in total. The number of hydrogen-bond acceptors (Lipinski definition) is 3. The summed E-state index contributed by atoms with van der Waals surface area (Å²) in [5.41, 5.74) is 12.9. The monoisotopic (exact) mass is 641 g/mol. The molecule has 0 aliphatic carbocycles. The zero-order valence-electron chi connectivity index (χ0n) is 27.1. The summed E-state index contributed by atoms with van der Waals surface area (Å²) in [7, 11) is 0. The Morgan fingerprint density at radius 2 is 1.04 bits per heavy atom. The maximum atomic E-state index is 10.7. The fraction of sp³-hybridized carbons (Fsp3) is 0. The predicted octanol–water partition coefficient (Wildman–Crippen LogP) is 11.6. The van der Waals surface area contributed by atoms with Gasteiger partial charge in [-0.3, -0.25) is 4.98 Å². The number of aromatic nitrogens is 3. The van der Waals surface area contributed by atoms with Crippen molar-refractivity contribution in [3.63, 3.8) is 0 Å². The lowest BCUT2D eigenvalue weighted by Gasteiger charge is -2.12. The Hall–Kier alpha value is -6.78. The first-order valence-corrected chi connectivity index (χ1v) is 16.7. The number of pyridine rings is 2. The lowest BCUT2D eigenvalue weighted by atomic mass is 9.98. The van der Waals surface area contributed by atoms with Crippen molar-refractivity contribution in [2.45, 2.75) is 0 Å². The number of phenolic OH excluding ortho intramolecular Hbond substituents is 1. The Morgan fingerprint density at radius 3 is 1.88 bits per heavy atom. The molecule has 0 aliphatic rings. The molecule has 4 heteroatoms. The van der Waals surface area contributed by atoms with Gasteiger partial charge in [-0.2, -0.15) is 0 Å². The molecule has 4 nitrogen and oxygen atoms in total. The van der Waals surface area contributed by atoms with Crippen molar-refractivity contribution in [2.75, 3.05) is 0 Å². The van der Waals surface area contributed by atoms with Crippen LogP contribution in [0.25, 0.3) is 83.5 Å². The van der Waals surface area contributed by atoms with E-state index in [9.17, 15) is 5.11 Å². The average molecular weight is 642 g/mol. The quantitative estimate of drug-likeness (QED) is 0.197. The highest BCUT2D eigenvalue weighted by molar-refractivity contribution is 6.10. The highest BCUT2D eigenvalue weighted by atomic mass is 16.3. The van der Waals surface area contributed by atoms with Crippen molar-refractivity contribution in [3.8, 4) is 67.5 Å². The van der Waals surface area contributed by atoms with E-state index in [-0.39, 0.29) is 5.75 Å². The maximum Gasteiger partial charge on any atom is 0.124 e. The third kappa shape index (κ3) is 5.29. The van der Waals surface area contributed by atoms with Gasteiger partial charge in [-0.15, -0.1) is 0 Å². The van der Waals surface area contributed by atoms with Crippen LogP contribution in [0.15, 0.2) is 182 Å². The molecule has 0 saturated heterocycles. The Kier molecular flexibility index (Phi) is 7.25. The van der Waals surface area contributed by atoms with Gasteiger partial charge in [-0.05, 0) is 89.0 Å². The van der Waals surface area contributed by atoms with E-state index in [0.29, 0.717) is 11.3 Å². The van der Waals surface area contributed by atoms with Gasteiger partial charge in [0.1, 0.15) is 5.75 Å². The van der Waals surface area contributed by atoms with Crippen molar-refractivity contribution in [2.24, 2.45) is 0 Å². The number of hydrogen-bond donors (Lipinski definition) is 1. The van der Waals surface area contributed by atoms with Crippen LogP contribution in [0.1, 0.15) is 0 Å². The molecule has 0 bridgehead atoms. The molecule has 0 fully saturated rings. The first-order valence-electron chi connectivity index (χ1n) is 16.7. The molecule has 0 atom stereocenters. The molecule has 3 aromatic heterocycles. The standard InChI is InChI=1S/C46H31N3O/c50-46-21-10-8-19-40(46)43-29-36(31-12-3-1-4-13-31)28-42(48-43)35-15-11-14-34(26-35)41-27-33(24-25-47-41)32-22-23-39-38-18-7-9-20-44(38)49(45(39)30-32)37-16-5-2-6-17-37/h1-30,50H. The summed E-state index contributed by atoms with van der Waals surface area (Å²) in [6.07, 6.45) is 1.89. The summed E-state index contributed by atoms with van der Waals surface area (Å²) in [6.45, 7) is 0. The van der Waals surface area contributed by atoms with Gasteiger partial charge >= 0.3 is 0 Å². The normalized spacial score (nSPS) is 11.3. The van der Waals surface area contributed by atoms with Crippen molar-refractivity contribution in [1.82, 2.24) is 14.5 Å². The highest BCUT2D eigenvalue weighted by Gasteiger charge is 2.15. The number of aromatic hydroxyl groups is 1. The van der Waals surface area contributed by atoms with E-state index in [4.69, 9.17) is 9.97 Å². The van der Waals surface area contributed by atoms with Gasteiger partial charge in [0.15, 0.2) is 0 Å². The fourth-order valence-electron chi connectivity index (χ4n) is 6.92. The van der Waals surface area contributed by atoms with E-state index in [1.807, 2.05) is 48.7 Å². The van der Waals surface area contributed by atoms with Gasteiger partial charge in [0, 0.05) is 39.3 Å². The fourth-order valence-corrected chi connectivity index (χ4v) is 6.92. The van der Waals surface area contributed by atoms with E-state index in [0.717, 1.165) is 50.5 Å². The van der Waals surface area contributed by atoms with Crippen molar-refractivity contribution in [1.29, 1.82) is 0 Å². The number of phenols is 1. The lowest BCUT2D eigenvalue weighted by Crippen LogP contribution is -1.93. The van der Waals surface area contributed by atoms with E-state index in [1.165, 1.54) is 21.8 Å². The molecule has 50 heavy (non-hydrogen) atoms. The molecule has 0 amide bonds. The topological polar surface area (TPSA) is 50.9 Å². The third-order valence-corrected chi connectivity index (χ3v) is 9.35. The largest absolute Gasteiger partial charge is 0.507 e. The predicted molar refractivity (Wildman–Crippen MR) is 205 cm³/mol. The summed E-state index contributed by atoms with van der Waals surface area (Å²) in [5.74, 6) is 0.202. The molecule has 0 radical (unpaired) electrons. The summed E-state index contributed by atoms with van der Waals surface area (Å²) >= 11 is 0. The number of para-hydroxylation sites is 3. The van der Waals surface area contributed by atoms with E-state index < -0.39 is 0 Å². The summed E-state index contributed by atoms with van der Waals surface area (Å²) in [5, 5.41) is 13.2. The molecule has 0 spiro atoms. The Balaban J connectivity index is 1.13. The maximum absolute atomic E-state index is 10.7. The minimum Gasteiger partial charge on any atom is -0.507 e. The van der Waals surface area contributed by atoms with Gasteiger partial charge in [-0.1, -0.05) is 109 Å². The van der Waals surface area contributed by atoms with Gasteiger partial charge in [0.25, 0.3) is 0 Å². The van der Waals surface area contributed by atoms with Crippen LogP contribution < -0.4 is 0 Å². The zero-order valence-corrected chi connectivity index (χ0v) is 27.1. The number of benzene rings is 6. The van der Waals surface area contributed by atoms with Crippen LogP contribution in [0, 0.1) is 0 Å². The van der Waals surface area contributed by atoms with Gasteiger partial charge in [-0.25, -0.2) is 4.98 Å². The second kappa shape index (κ2) is 12.3. The SMILES string of the molecule is Oc1ccccc1-c1cc(-c2ccccc2)cc(-c2cccc(-c3cc(-c4ccc5c6ccccc6n(-c6ccccc6)c5c4)ccn3)c2)n1. The lowest BCUT2D eigenvalue weighted by molar-refractivity contribution is 0.477. The van der Waals surface area contributed by atoms with E-state index >= 15 is 0 Å². The van der Waals surface area contributed by atoms with Gasteiger partial charge < -0.3 is 9.67 Å². The van der Waals surface area contributed by atoms with Crippen LogP contribution in [0.5, 0.6) is 5.75 Å². The molecule has 0 aliphatic heterocycles. The van der Waals surface area contributed by atoms with E-state index in [1.54, 1.807) is 6.07 Å². The van der Waals surface area contributed by atoms with Crippen molar-refractivity contribution >= 4 is 21.8 Å². The molecule has 236 valence electrons. The van der Waals surface area contributed by atoms with Crippen molar-refractivity contribution in [3.05, 3.63) is 182 Å². The molecule has 9 aromatic rings. The molecular formula is C46H31N3O. The molecule has 9 rings (SSSR count). The van der Waals surface area contributed by atoms with Crippen LogP contribution in [-0.4, -0.2) is 19.6 Å². The van der Waals surface area contributed by atoms with Crippen LogP contribution in [-0.2, 0) is 0 Å². The Morgan fingerprint density at radius 1 is 0.400 bits per heavy atom. The Bertz CT molecular complexity index is 2660. The third-order valence-electron chi connectivity index (χ3n) is 9.35. The molecular weight excluding hydrogens is 611 g/mol. The molecule has 0 saturated carbocycles. The van der Waals surface area contributed by atoms with Crippen LogP contribution in [0.2, 0.25) is 0 Å². The second-order valence-corrected chi connectivity index (χ2v) is 12.4. The Labute approximate surface area is 290 Å². The smallest absolute Gasteiger partial charge is 0.124 e. The molecule has 3 heterocycles. The zero-order chi connectivity index (χ0) is 33.4. The summed E-state index contributed by atoms with van der Waals surface area (Å²) in [4.78, 5) is 9.87. The molecule has 0 unspecified atom stereocenters. The number of fused-ring (bicyclic) bond motifs is 3. The first kappa shape index (κ1) is 29.4. The minimum atomic E-state index is 0.202. The van der Waals surface area contributed by atoms with Crippen molar-refractivity contribution < 1.29 is 5.11 Å². The highest BCUT2D eigenvalue weighted by Crippen LogP contribution is 2.37. The molecule has 6 aromatic carbocycles. The second-order valence-electron chi connectivity index (χ2n) is 12.4. The van der Waals surface area contributed by atoms with Gasteiger partial charge in [0.2, 0.25) is 0 Å². The van der Waals surface area contributed by atoms with Crippen LogP contribution >= 0.6 is 0 Å². The average Bonchev–Trinajstić information content (AvgIpc) is 3.52.